The number of aliphatic hydroxyl groups is 6. The molecule has 0 spiro atoms. The van der Waals surface area contributed by atoms with Gasteiger partial charge >= 0.3 is 5.97 Å². The number of nitrogens with one attached hydrogen (secondary N) is 1. The van der Waals surface area contributed by atoms with Crippen LogP contribution >= 0.6 is 0 Å². The van der Waals surface area contributed by atoms with Gasteiger partial charge in [0.2, 0.25) is 0 Å². The number of carbonyl (C=O) groups is 1. The molecule has 0 aromatic heterocycles. The van der Waals surface area contributed by atoms with E-state index < -0.39 is 55.4 Å². The summed E-state index contributed by atoms with van der Waals surface area (Å²) in [6.07, 6.45) is -7.19. The highest BCUT2D eigenvalue weighted by molar-refractivity contribution is 5.73. The summed E-state index contributed by atoms with van der Waals surface area (Å²) >= 11 is 0. The maximum Gasteiger partial charge on any atom is 0.320 e. The van der Waals surface area contributed by atoms with Crippen molar-refractivity contribution in [3.63, 3.8) is 0 Å². The zero-order chi connectivity index (χ0) is 16.2. The Balaban J connectivity index is 0.000000219. The molecule has 10 nitrogen and oxygen atoms in total. The Hall–Kier alpha value is -0.850. The van der Waals surface area contributed by atoms with Crippen molar-refractivity contribution in [2.45, 2.75) is 49.3 Å². The molecule has 2 heterocycles. The summed E-state index contributed by atoms with van der Waals surface area (Å²) in [5.74, 6) is -0.883. The summed E-state index contributed by atoms with van der Waals surface area (Å²) in [6.45, 7) is -0.126. The molecule has 2 unspecified atom stereocenters. The van der Waals surface area contributed by atoms with Crippen LogP contribution in [-0.2, 0) is 9.53 Å². The second kappa shape index (κ2) is 7.96. The predicted molar refractivity (Wildman–Crippen MR) is 66.0 cm³/mol. The zero-order valence-electron chi connectivity index (χ0n) is 11.1. The Morgan fingerprint density at radius 3 is 2.10 bits per heavy atom. The maximum absolute atomic E-state index is 10.2. The molecule has 2 rings (SSSR count). The molecule has 124 valence electrons. The van der Waals surface area contributed by atoms with Crippen molar-refractivity contribution in [2.75, 3.05) is 13.2 Å². The molecule has 0 amide bonds. The molecule has 7 atom stereocenters. The number of carboxylic acids is 1. The molecule has 21 heavy (non-hydrogen) atoms. The first kappa shape index (κ1) is 18.2. The van der Waals surface area contributed by atoms with Gasteiger partial charge in [0.05, 0.1) is 12.7 Å². The molecule has 0 saturated carbocycles. The molecule has 2 saturated heterocycles. The average molecular weight is 311 g/mol. The normalized spacial score (nSPS) is 43.0. The highest BCUT2D eigenvalue weighted by atomic mass is 16.6. The highest BCUT2D eigenvalue weighted by Crippen LogP contribution is 2.18. The third-order valence-electron chi connectivity index (χ3n) is 3.27. The van der Waals surface area contributed by atoms with Gasteiger partial charge in [-0.3, -0.25) is 4.79 Å². The lowest BCUT2D eigenvalue weighted by atomic mass is 10.00. The number of aliphatic carboxylic acids is 1. The van der Waals surface area contributed by atoms with E-state index in [-0.39, 0.29) is 0 Å². The van der Waals surface area contributed by atoms with Crippen molar-refractivity contribution in [2.24, 2.45) is 0 Å². The number of hydrogen-bond acceptors (Lipinski definition) is 9. The van der Waals surface area contributed by atoms with Gasteiger partial charge in [-0.15, -0.1) is 0 Å². The zero-order valence-corrected chi connectivity index (χ0v) is 11.1. The lowest BCUT2D eigenvalue weighted by Crippen LogP contribution is -2.58. The topological polar surface area (TPSA) is 180 Å². The van der Waals surface area contributed by atoms with Crippen LogP contribution in [0.2, 0.25) is 0 Å². The summed E-state index contributed by atoms with van der Waals surface area (Å²) in [6, 6.07) is -0.542. The van der Waals surface area contributed by atoms with Crippen LogP contribution in [0, 0.1) is 0 Å². The van der Waals surface area contributed by atoms with Crippen LogP contribution in [0.4, 0.5) is 0 Å². The molecular weight excluding hydrogens is 290 g/mol. The minimum Gasteiger partial charge on any atom is -0.480 e. The van der Waals surface area contributed by atoms with E-state index in [2.05, 4.69) is 10.1 Å². The van der Waals surface area contributed by atoms with Crippen molar-refractivity contribution in [3.05, 3.63) is 0 Å². The van der Waals surface area contributed by atoms with Gasteiger partial charge in [0, 0.05) is 13.0 Å². The quantitative estimate of drug-likeness (QED) is 0.248. The number of rotatable bonds is 2. The molecule has 2 aliphatic heterocycles. The average Bonchev–Trinajstić information content (AvgIpc) is 2.88. The predicted octanol–water partition coefficient (Wildman–Crippen LogP) is -4.43. The van der Waals surface area contributed by atoms with Crippen LogP contribution in [0.15, 0.2) is 0 Å². The van der Waals surface area contributed by atoms with Gasteiger partial charge in [-0.05, 0) is 0 Å². The molecule has 0 aromatic rings. The largest absolute Gasteiger partial charge is 0.480 e. The number of β-amino-alcohol motifs (C(OH)–C–C–N with tert-alkyl or cyclic N) is 1. The van der Waals surface area contributed by atoms with Gasteiger partial charge in [0.25, 0.3) is 0 Å². The third kappa shape index (κ3) is 4.83. The first-order valence-electron chi connectivity index (χ1n) is 6.40. The van der Waals surface area contributed by atoms with Crippen LogP contribution in [0.5, 0.6) is 0 Å². The van der Waals surface area contributed by atoms with Gasteiger partial charge in [-0.1, -0.05) is 0 Å². The summed E-state index contributed by atoms with van der Waals surface area (Å²) in [4.78, 5) is 10.2. The fraction of sp³-hybridized carbons (Fsp3) is 0.909. The van der Waals surface area contributed by atoms with Crippen LogP contribution in [0.1, 0.15) is 6.42 Å². The SMILES string of the molecule is O=C(O)C1CC(O)CN1.OC[C@H]1O[C@H](O)[C@H](O)[C@@H](O)[C@@H]1O. The van der Waals surface area contributed by atoms with E-state index in [4.69, 9.17) is 35.7 Å². The Kier molecular flexibility index (Phi) is 6.90. The fourth-order valence-electron chi connectivity index (χ4n) is 1.99. The summed E-state index contributed by atoms with van der Waals surface area (Å²) in [5, 5.41) is 64.5. The van der Waals surface area contributed by atoms with E-state index in [9.17, 15) is 4.79 Å². The number of hydrogen-bond donors (Lipinski definition) is 8. The smallest absolute Gasteiger partial charge is 0.320 e. The second-order valence-electron chi connectivity index (χ2n) is 4.91. The Morgan fingerprint density at radius 2 is 1.71 bits per heavy atom. The van der Waals surface area contributed by atoms with Crippen LogP contribution in [0.3, 0.4) is 0 Å². The van der Waals surface area contributed by atoms with Crippen molar-refractivity contribution in [3.8, 4) is 0 Å². The van der Waals surface area contributed by atoms with Gasteiger partial charge in [0.15, 0.2) is 6.29 Å². The monoisotopic (exact) mass is 311 g/mol. The Labute approximate surface area is 120 Å². The minimum atomic E-state index is -1.57. The van der Waals surface area contributed by atoms with Gasteiger partial charge in [0.1, 0.15) is 30.5 Å². The first-order valence-corrected chi connectivity index (χ1v) is 6.40. The maximum atomic E-state index is 10.2. The molecule has 2 fully saturated rings. The van der Waals surface area contributed by atoms with Crippen LogP contribution in [0.25, 0.3) is 0 Å². The van der Waals surface area contributed by atoms with Gasteiger partial charge < -0.3 is 45.8 Å². The van der Waals surface area contributed by atoms with E-state index >= 15 is 0 Å². The van der Waals surface area contributed by atoms with Crippen molar-refractivity contribution in [1.29, 1.82) is 0 Å². The van der Waals surface area contributed by atoms with Crippen LogP contribution < -0.4 is 5.32 Å². The summed E-state index contributed by atoms with van der Waals surface area (Å²) < 4.78 is 4.58. The lowest BCUT2D eigenvalue weighted by molar-refractivity contribution is -0.286. The molecule has 0 aromatic carbocycles. The van der Waals surface area contributed by atoms with E-state index in [0.29, 0.717) is 13.0 Å². The molecular formula is C11H21NO9. The standard InChI is InChI=1S/C6H12O6.C5H9NO3/c7-1-2-3(8)4(9)5(10)6(11)12-2;7-3-1-4(5(8)9)6-2-3/h2-11H,1H2;3-4,6-7H,1-2H2,(H,8,9)/t2-,3-,4+,5-,6+;/m1./s1. The van der Waals surface area contributed by atoms with Crippen molar-refractivity contribution >= 4 is 5.97 Å². The Morgan fingerprint density at radius 1 is 1.10 bits per heavy atom. The summed E-state index contributed by atoms with van der Waals surface area (Å²) in [7, 11) is 0. The van der Waals surface area contributed by atoms with E-state index in [1.54, 1.807) is 0 Å². The van der Waals surface area contributed by atoms with Gasteiger partial charge in [-0.25, -0.2) is 0 Å². The molecule has 8 N–H and O–H groups in total. The highest BCUT2D eigenvalue weighted by Gasteiger charge is 2.42. The molecule has 2 aliphatic rings. The summed E-state index contributed by atoms with van der Waals surface area (Å²) in [5.41, 5.74) is 0. The van der Waals surface area contributed by atoms with E-state index in [1.165, 1.54) is 0 Å². The van der Waals surface area contributed by atoms with E-state index in [1.807, 2.05) is 0 Å². The number of carboxylic acid groups (broad SMARTS) is 1. The number of aliphatic hydroxyl groups excluding tert-OH is 6. The van der Waals surface area contributed by atoms with E-state index in [0.717, 1.165) is 0 Å². The van der Waals surface area contributed by atoms with Crippen LogP contribution in [-0.4, -0.2) is 97.7 Å². The fourth-order valence-corrected chi connectivity index (χ4v) is 1.99. The first-order chi connectivity index (χ1) is 9.77. The molecule has 0 bridgehead atoms. The molecule has 0 radical (unpaired) electrons. The molecule has 0 aliphatic carbocycles. The molecule has 10 heteroatoms. The van der Waals surface area contributed by atoms with Crippen molar-refractivity contribution < 1.29 is 45.3 Å². The van der Waals surface area contributed by atoms with Gasteiger partial charge in [-0.2, -0.15) is 0 Å². The van der Waals surface area contributed by atoms with Crippen molar-refractivity contribution in [1.82, 2.24) is 5.32 Å². The lowest BCUT2D eigenvalue weighted by Gasteiger charge is -2.37. The minimum absolute atomic E-state index is 0.329. The number of ether oxygens (including phenoxy) is 1. The second-order valence-corrected chi connectivity index (χ2v) is 4.91. The Bertz CT molecular complexity index is 337. The third-order valence-corrected chi connectivity index (χ3v) is 3.27.